The van der Waals surface area contributed by atoms with E-state index in [2.05, 4.69) is 5.32 Å². The van der Waals surface area contributed by atoms with Gasteiger partial charge < -0.3 is 10.2 Å². The molecule has 0 bridgehead atoms. The van der Waals surface area contributed by atoms with Crippen LogP contribution in [0, 0.1) is 16.0 Å². The van der Waals surface area contributed by atoms with Gasteiger partial charge in [0.25, 0.3) is 5.69 Å². The minimum atomic E-state index is -3.68. The van der Waals surface area contributed by atoms with E-state index in [9.17, 15) is 23.3 Å². The second-order valence-electron chi connectivity index (χ2n) is 5.11. The average molecular weight is 328 g/mol. The monoisotopic (exact) mass is 328 g/mol. The summed E-state index contributed by atoms with van der Waals surface area (Å²) in [5, 5.41) is 18.8. The maximum absolute atomic E-state index is 12.1. The van der Waals surface area contributed by atoms with Crippen LogP contribution in [0.25, 0.3) is 0 Å². The molecular formula is C12H16N4O5S. The Morgan fingerprint density at radius 2 is 2.18 bits per heavy atom. The highest BCUT2D eigenvalue weighted by Crippen LogP contribution is 2.34. The van der Waals surface area contributed by atoms with Gasteiger partial charge in [-0.2, -0.15) is 0 Å². The zero-order chi connectivity index (χ0) is 16.5. The molecule has 1 fully saturated rings. The molecule has 0 aromatic heterocycles. The summed E-state index contributed by atoms with van der Waals surface area (Å²) in [4.78, 5) is 23.8. The lowest BCUT2D eigenvalue weighted by Crippen LogP contribution is -2.28. The number of carbonyl (C=O) groups is 1. The second-order valence-corrected chi connectivity index (χ2v) is 6.77. The molecule has 1 aromatic carbocycles. The van der Waals surface area contributed by atoms with Gasteiger partial charge in [-0.15, -0.1) is 0 Å². The minimum Gasteiger partial charge on any atom is -0.386 e. The smallest absolute Gasteiger partial charge is 0.271 e. The normalized spacial score (nSPS) is 18.5. The minimum absolute atomic E-state index is 0.0439. The fourth-order valence-electron chi connectivity index (χ4n) is 2.52. The van der Waals surface area contributed by atoms with Crippen molar-refractivity contribution in [3.8, 4) is 0 Å². The summed E-state index contributed by atoms with van der Waals surface area (Å²) in [6.07, 6.45) is 0.0439. The molecule has 9 nitrogen and oxygen atoms in total. The topological polar surface area (TPSA) is 136 Å². The Morgan fingerprint density at radius 3 is 2.73 bits per heavy atom. The molecule has 2 rings (SSSR count). The number of nitro groups is 1. The Hall–Kier alpha value is -2.20. The van der Waals surface area contributed by atoms with Crippen molar-refractivity contribution in [1.29, 1.82) is 0 Å². The van der Waals surface area contributed by atoms with E-state index in [0.29, 0.717) is 11.4 Å². The number of nitro benzene ring substituents is 1. The van der Waals surface area contributed by atoms with E-state index >= 15 is 0 Å². The SMILES string of the molecule is CNc1ccc([N+](=O)[O-])cc1N1CC(CS(N)(=O)=O)CC1=O. The van der Waals surface area contributed by atoms with E-state index in [1.807, 2.05) is 0 Å². The molecule has 0 spiro atoms. The number of benzene rings is 1. The van der Waals surface area contributed by atoms with Crippen LogP contribution in [0.3, 0.4) is 0 Å². The number of hydrogen-bond donors (Lipinski definition) is 2. The Kier molecular flexibility index (Phi) is 4.33. The first-order chi connectivity index (χ1) is 10.2. The number of non-ortho nitro benzene ring substituents is 1. The first kappa shape index (κ1) is 16.2. The molecule has 1 aliphatic rings. The number of primary sulfonamides is 1. The highest BCUT2D eigenvalue weighted by Gasteiger charge is 2.34. The predicted octanol–water partition coefficient (Wildman–Crippen LogP) is 0.278. The van der Waals surface area contributed by atoms with E-state index in [4.69, 9.17) is 5.14 Å². The lowest BCUT2D eigenvalue weighted by molar-refractivity contribution is -0.384. The van der Waals surface area contributed by atoms with Gasteiger partial charge in [0.2, 0.25) is 15.9 Å². The molecule has 0 aliphatic carbocycles. The van der Waals surface area contributed by atoms with Crippen LogP contribution in [0.4, 0.5) is 17.1 Å². The maximum atomic E-state index is 12.1. The van der Waals surface area contributed by atoms with Gasteiger partial charge in [0.15, 0.2) is 0 Å². The Morgan fingerprint density at radius 1 is 1.50 bits per heavy atom. The third kappa shape index (κ3) is 3.52. The maximum Gasteiger partial charge on any atom is 0.271 e. The lowest BCUT2D eigenvalue weighted by Gasteiger charge is -2.20. The highest BCUT2D eigenvalue weighted by molar-refractivity contribution is 7.89. The molecule has 1 aliphatic heterocycles. The van der Waals surface area contributed by atoms with Crippen molar-refractivity contribution >= 4 is 33.0 Å². The summed E-state index contributed by atoms with van der Waals surface area (Å²) in [6, 6.07) is 4.13. The third-order valence-corrected chi connectivity index (χ3v) is 4.36. The molecule has 0 saturated carbocycles. The number of hydrogen-bond acceptors (Lipinski definition) is 6. The molecule has 1 heterocycles. The van der Waals surface area contributed by atoms with E-state index in [1.165, 1.54) is 23.1 Å². The third-order valence-electron chi connectivity index (χ3n) is 3.43. The lowest BCUT2D eigenvalue weighted by atomic mass is 10.1. The predicted molar refractivity (Wildman–Crippen MR) is 81.1 cm³/mol. The van der Waals surface area contributed by atoms with Crippen LogP contribution in [0.15, 0.2) is 18.2 Å². The number of rotatable bonds is 5. The van der Waals surface area contributed by atoms with Crippen LogP contribution in [0.2, 0.25) is 0 Å². The largest absolute Gasteiger partial charge is 0.386 e. The molecule has 3 N–H and O–H groups in total. The van der Waals surface area contributed by atoms with E-state index in [-0.39, 0.29) is 30.3 Å². The molecule has 120 valence electrons. The number of nitrogens with one attached hydrogen (secondary N) is 1. The van der Waals surface area contributed by atoms with Crippen LogP contribution in [0.1, 0.15) is 6.42 Å². The number of sulfonamides is 1. The van der Waals surface area contributed by atoms with Crippen LogP contribution in [0.5, 0.6) is 0 Å². The van der Waals surface area contributed by atoms with E-state index in [1.54, 1.807) is 7.05 Å². The Balaban J connectivity index is 2.33. The van der Waals surface area contributed by atoms with Crippen molar-refractivity contribution in [3.63, 3.8) is 0 Å². The first-order valence-corrected chi connectivity index (χ1v) is 8.20. The van der Waals surface area contributed by atoms with Gasteiger partial charge >= 0.3 is 0 Å². The van der Waals surface area contributed by atoms with Crippen molar-refractivity contribution < 1.29 is 18.1 Å². The van der Waals surface area contributed by atoms with Gasteiger partial charge in [0, 0.05) is 38.1 Å². The van der Waals surface area contributed by atoms with Gasteiger partial charge in [0.05, 0.1) is 22.1 Å². The zero-order valence-corrected chi connectivity index (χ0v) is 12.7. The molecule has 22 heavy (non-hydrogen) atoms. The number of nitrogens with zero attached hydrogens (tertiary/aromatic N) is 2. The van der Waals surface area contributed by atoms with Gasteiger partial charge in [-0.1, -0.05) is 0 Å². The van der Waals surface area contributed by atoms with Crippen LogP contribution in [-0.4, -0.2) is 38.6 Å². The van der Waals surface area contributed by atoms with Crippen LogP contribution in [-0.2, 0) is 14.8 Å². The molecule has 1 saturated heterocycles. The summed E-state index contributed by atoms with van der Waals surface area (Å²) >= 11 is 0. The van der Waals surface area contributed by atoms with Crippen LogP contribution < -0.4 is 15.4 Å². The first-order valence-electron chi connectivity index (χ1n) is 6.48. The molecule has 1 unspecified atom stereocenters. The van der Waals surface area contributed by atoms with Gasteiger partial charge in [-0.05, 0) is 6.07 Å². The summed E-state index contributed by atoms with van der Waals surface area (Å²) in [6.45, 7) is 0.158. The summed E-state index contributed by atoms with van der Waals surface area (Å²) in [5.74, 6) is -1.00. The van der Waals surface area contributed by atoms with Crippen molar-refractivity contribution in [2.75, 3.05) is 29.6 Å². The summed E-state index contributed by atoms with van der Waals surface area (Å²) in [7, 11) is -2.04. The molecule has 10 heteroatoms. The quantitative estimate of drug-likeness (QED) is 0.588. The Bertz CT molecular complexity index is 718. The van der Waals surface area contributed by atoms with Gasteiger partial charge in [-0.3, -0.25) is 14.9 Å². The average Bonchev–Trinajstić information content (AvgIpc) is 2.76. The molecular weight excluding hydrogens is 312 g/mol. The molecule has 1 aromatic rings. The number of anilines is 2. The standard InChI is InChI=1S/C12H16N4O5S/c1-14-10-3-2-9(16(18)19)5-11(10)15-6-8(4-12(15)17)7-22(13,20)21/h2-3,5,8,14H,4,6-7H2,1H3,(H2,13,20,21). The van der Waals surface area contributed by atoms with Crippen molar-refractivity contribution in [3.05, 3.63) is 28.3 Å². The second kappa shape index (κ2) is 5.89. The fourth-order valence-corrected chi connectivity index (χ4v) is 3.40. The highest BCUT2D eigenvalue weighted by atomic mass is 32.2. The molecule has 0 radical (unpaired) electrons. The van der Waals surface area contributed by atoms with E-state index in [0.717, 1.165) is 0 Å². The molecule has 1 atom stereocenters. The number of amides is 1. The van der Waals surface area contributed by atoms with Gasteiger partial charge in [0.1, 0.15) is 0 Å². The number of nitrogens with two attached hydrogens (primary N) is 1. The summed E-state index contributed by atoms with van der Waals surface area (Å²) < 4.78 is 22.3. The van der Waals surface area contributed by atoms with Crippen molar-refractivity contribution in [2.45, 2.75) is 6.42 Å². The van der Waals surface area contributed by atoms with Crippen molar-refractivity contribution in [2.24, 2.45) is 11.1 Å². The van der Waals surface area contributed by atoms with E-state index < -0.39 is 20.9 Å². The summed E-state index contributed by atoms with van der Waals surface area (Å²) in [5.41, 5.74) is 0.769. The number of carbonyl (C=O) groups excluding carboxylic acids is 1. The molecule has 1 amide bonds. The van der Waals surface area contributed by atoms with Gasteiger partial charge in [-0.25, -0.2) is 13.6 Å². The zero-order valence-electron chi connectivity index (χ0n) is 11.9. The Labute approximate surface area is 127 Å². The fraction of sp³-hybridized carbons (Fsp3) is 0.417. The van der Waals surface area contributed by atoms with Crippen LogP contribution >= 0.6 is 0 Å². The van der Waals surface area contributed by atoms with Crippen molar-refractivity contribution in [1.82, 2.24) is 0 Å².